The van der Waals surface area contributed by atoms with Gasteiger partial charge in [-0.2, -0.15) is 5.26 Å². The third kappa shape index (κ3) is 2.98. The summed E-state index contributed by atoms with van der Waals surface area (Å²) in [6, 6.07) is 11.7. The van der Waals surface area contributed by atoms with Crippen LogP contribution in [0.1, 0.15) is 11.1 Å². The second-order valence-electron chi connectivity index (χ2n) is 3.96. The van der Waals surface area contributed by atoms with Crippen molar-refractivity contribution in [3.8, 4) is 6.07 Å². The first-order chi connectivity index (χ1) is 8.79. The first-order valence-electron chi connectivity index (χ1n) is 5.67. The van der Waals surface area contributed by atoms with Gasteiger partial charge in [0.2, 0.25) is 0 Å². The molecule has 2 rings (SSSR count). The number of benzene rings is 1. The highest BCUT2D eigenvalue weighted by atomic mass is 14.9. The summed E-state index contributed by atoms with van der Waals surface area (Å²) in [6.07, 6.45) is 3.86. The second-order valence-corrected chi connectivity index (χ2v) is 3.96. The molecule has 0 spiro atoms. The minimum absolute atomic E-state index is 0.330. The van der Waals surface area contributed by atoms with Crippen LogP contribution in [0.3, 0.4) is 0 Å². The maximum absolute atomic E-state index is 8.71. The van der Waals surface area contributed by atoms with Gasteiger partial charge < -0.3 is 11.1 Å². The van der Waals surface area contributed by atoms with E-state index in [0.717, 1.165) is 23.4 Å². The lowest BCUT2D eigenvalue weighted by atomic mass is 10.1. The lowest BCUT2D eigenvalue weighted by Gasteiger charge is -2.09. The molecule has 2 aromatic rings. The van der Waals surface area contributed by atoms with Gasteiger partial charge in [-0.05, 0) is 41.5 Å². The topological polar surface area (TPSA) is 74.7 Å². The number of aromatic nitrogens is 1. The van der Waals surface area contributed by atoms with Gasteiger partial charge in [0.1, 0.15) is 0 Å². The number of hydrogen-bond donors (Lipinski definition) is 2. The maximum Gasteiger partial charge on any atom is 0.0670 e. The molecule has 4 nitrogen and oxygen atoms in total. The molecule has 3 N–H and O–H groups in total. The number of nitrogens with zero attached hydrogens (tertiary/aromatic N) is 2. The van der Waals surface area contributed by atoms with Crippen LogP contribution in [0.4, 0.5) is 11.4 Å². The van der Waals surface area contributed by atoms with Crippen LogP contribution in [0, 0.1) is 11.3 Å². The quantitative estimate of drug-likeness (QED) is 0.802. The second kappa shape index (κ2) is 5.69. The van der Waals surface area contributed by atoms with Crippen molar-refractivity contribution in [1.29, 1.82) is 5.26 Å². The predicted molar refractivity (Wildman–Crippen MR) is 71.7 cm³/mol. The van der Waals surface area contributed by atoms with E-state index >= 15 is 0 Å². The molecule has 0 saturated heterocycles. The zero-order chi connectivity index (χ0) is 12.8. The fourth-order valence-electron chi connectivity index (χ4n) is 1.66. The highest BCUT2D eigenvalue weighted by Crippen LogP contribution is 2.18. The number of nitrogens with two attached hydrogens (primary N) is 1. The van der Waals surface area contributed by atoms with Crippen LogP contribution >= 0.6 is 0 Å². The lowest BCUT2D eigenvalue weighted by Crippen LogP contribution is -2.01. The molecule has 0 aliphatic rings. The summed E-state index contributed by atoms with van der Waals surface area (Å²) in [6.45, 7) is 0.721. The summed E-state index contributed by atoms with van der Waals surface area (Å²) in [5.74, 6) is 0. The van der Waals surface area contributed by atoms with E-state index in [1.807, 2.05) is 30.3 Å². The molecule has 1 aromatic heterocycles. The minimum Gasteiger partial charge on any atom is -0.398 e. The Morgan fingerprint density at radius 1 is 1.22 bits per heavy atom. The summed E-state index contributed by atoms with van der Waals surface area (Å²) in [4.78, 5) is 3.97. The molecule has 0 fully saturated rings. The van der Waals surface area contributed by atoms with E-state index in [1.54, 1.807) is 12.4 Å². The normalized spacial score (nSPS) is 9.72. The highest BCUT2D eigenvalue weighted by Gasteiger charge is 2.00. The summed E-state index contributed by atoms with van der Waals surface area (Å²) >= 11 is 0. The van der Waals surface area contributed by atoms with Crippen molar-refractivity contribution >= 4 is 11.4 Å². The molecule has 0 unspecified atom stereocenters. The Morgan fingerprint density at radius 2 is 2.00 bits per heavy atom. The molecule has 1 heterocycles. The van der Waals surface area contributed by atoms with Crippen LogP contribution in [0.2, 0.25) is 0 Å². The number of nitrogens with one attached hydrogen (secondary N) is 1. The molecular weight excluding hydrogens is 224 g/mol. The van der Waals surface area contributed by atoms with Gasteiger partial charge in [0.15, 0.2) is 0 Å². The van der Waals surface area contributed by atoms with E-state index in [0.29, 0.717) is 12.1 Å². The molecule has 0 radical (unpaired) electrons. The number of anilines is 2. The van der Waals surface area contributed by atoms with Crippen molar-refractivity contribution in [3.05, 3.63) is 53.9 Å². The summed E-state index contributed by atoms with van der Waals surface area (Å²) in [5.41, 5.74) is 9.43. The average Bonchev–Trinajstić information content (AvgIpc) is 2.41. The van der Waals surface area contributed by atoms with Crippen LogP contribution in [0.25, 0.3) is 0 Å². The Kier molecular flexibility index (Phi) is 3.77. The van der Waals surface area contributed by atoms with Crippen LogP contribution in [0.15, 0.2) is 42.7 Å². The van der Waals surface area contributed by atoms with Crippen LogP contribution in [0.5, 0.6) is 0 Å². The molecule has 0 amide bonds. The molecule has 0 aliphatic heterocycles. The number of pyridine rings is 1. The van der Waals surface area contributed by atoms with Crippen LogP contribution in [-0.4, -0.2) is 4.98 Å². The van der Waals surface area contributed by atoms with Crippen molar-refractivity contribution in [2.45, 2.75) is 13.0 Å². The summed E-state index contributed by atoms with van der Waals surface area (Å²) in [7, 11) is 0. The average molecular weight is 238 g/mol. The van der Waals surface area contributed by atoms with Gasteiger partial charge in [-0.3, -0.25) is 4.98 Å². The van der Waals surface area contributed by atoms with Gasteiger partial charge in [0.05, 0.1) is 12.5 Å². The monoisotopic (exact) mass is 238 g/mol. The third-order valence-electron chi connectivity index (χ3n) is 2.66. The van der Waals surface area contributed by atoms with Gasteiger partial charge in [-0.15, -0.1) is 0 Å². The molecule has 0 atom stereocenters. The standard InChI is InChI=1S/C14H14N4/c15-6-3-12-9-13(1-2-14(12)16)18-10-11-4-7-17-8-5-11/h1-2,4-5,7-9,18H,3,10,16H2. The lowest BCUT2D eigenvalue weighted by molar-refractivity contribution is 1.12. The third-order valence-corrected chi connectivity index (χ3v) is 2.66. The summed E-state index contributed by atoms with van der Waals surface area (Å²) in [5, 5.41) is 12.0. The molecule has 90 valence electrons. The van der Waals surface area contributed by atoms with Gasteiger partial charge in [-0.25, -0.2) is 0 Å². The van der Waals surface area contributed by atoms with Gasteiger partial charge in [0.25, 0.3) is 0 Å². The van der Waals surface area contributed by atoms with Crippen molar-refractivity contribution in [2.75, 3.05) is 11.1 Å². The minimum atomic E-state index is 0.330. The first kappa shape index (κ1) is 11.9. The predicted octanol–water partition coefficient (Wildman–Crippen LogP) is 2.34. The number of nitriles is 1. The van der Waals surface area contributed by atoms with Gasteiger partial charge >= 0.3 is 0 Å². The van der Waals surface area contributed by atoms with E-state index in [4.69, 9.17) is 11.0 Å². The van der Waals surface area contributed by atoms with Gasteiger partial charge in [0, 0.05) is 30.3 Å². The molecular formula is C14H14N4. The molecule has 0 bridgehead atoms. The smallest absolute Gasteiger partial charge is 0.0670 e. The van der Waals surface area contributed by atoms with Crippen molar-refractivity contribution in [2.24, 2.45) is 0 Å². The molecule has 1 aromatic carbocycles. The summed E-state index contributed by atoms with van der Waals surface area (Å²) < 4.78 is 0. The van der Waals surface area contributed by atoms with E-state index < -0.39 is 0 Å². The zero-order valence-electron chi connectivity index (χ0n) is 9.93. The van der Waals surface area contributed by atoms with Crippen LogP contribution in [-0.2, 0) is 13.0 Å². The molecule has 0 aliphatic carbocycles. The zero-order valence-corrected chi connectivity index (χ0v) is 9.93. The van der Waals surface area contributed by atoms with E-state index in [1.165, 1.54) is 0 Å². The Balaban J connectivity index is 2.06. The molecule has 4 heteroatoms. The van der Waals surface area contributed by atoms with Gasteiger partial charge in [-0.1, -0.05) is 0 Å². The maximum atomic E-state index is 8.71. The Morgan fingerprint density at radius 3 is 2.72 bits per heavy atom. The van der Waals surface area contributed by atoms with E-state index in [9.17, 15) is 0 Å². The number of hydrogen-bond acceptors (Lipinski definition) is 4. The highest BCUT2D eigenvalue weighted by molar-refractivity contribution is 5.58. The SMILES string of the molecule is N#CCc1cc(NCc2ccncc2)ccc1N. The first-order valence-corrected chi connectivity index (χ1v) is 5.67. The number of rotatable bonds is 4. The van der Waals surface area contributed by atoms with Crippen molar-refractivity contribution in [1.82, 2.24) is 4.98 Å². The van der Waals surface area contributed by atoms with E-state index in [2.05, 4.69) is 16.4 Å². The Bertz CT molecular complexity index is 558. The molecule has 0 saturated carbocycles. The van der Waals surface area contributed by atoms with Crippen LogP contribution < -0.4 is 11.1 Å². The Labute approximate surface area is 106 Å². The molecule has 18 heavy (non-hydrogen) atoms. The largest absolute Gasteiger partial charge is 0.398 e. The van der Waals surface area contributed by atoms with Crippen molar-refractivity contribution < 1.29 is 0 Å². The van der Waals surface area contributed by atoms with E-state index in [-0.39, 0.29) is 0 Å². The fourth-order valence-corrected chi connectivity index (χ4v) is 1.66. The van der Waals surface area contributed by atoms with Crippen molar-refractivity contribution in [3.63, 3.8) is 0 Å². The number of nitrogen functional groups attached to an aromatic ring is 1. The fraction of sp³-hybridized carbons (Fsp3) is 0.143. The Hall–Kier alpha value is -2.54.